The van der Waals surface area contributed by atoms with Crippen LogP contribution in [-0.4, -0.2) is 42.8 Å². The summed E-state index contributed by atoms with van der Waals surface area (Å²) >= 11 is -11.8. The van der Waals surface area contributed by atoms with Crippen LogP contribution in [0.3, 0.4) is 0 Å². The molecule has 0 aromatic heterocycles. The van der Waals surface area contributed by atoms with E-state index in [9.17, 15) is 39.5 Å². The molecule has 0 bridgehead atoms. The van der Waals surface area contributed by atoms with Gasteiger partial charge in [-0.1, -0.05) is 0 Å². The van der Waals surface area contributed by atoms with Crippen LogP contribution in [0.4, 0.5) is 39.5 Å². The molecule has 0 rings (SSSR count). The second-order valence-corrected chi connectivity index (χ2v) is 4.84. The average molecular weight is 444 g/mol. The zero-order valence-electron chi connectivity index (χ0n) is 9.15. The molecule has 0 aliphatic rings. The molecule has 0 fully saturated rings. The van der Waals surface area contributed by atoms with E-state index >= 15 is 0 Å². The minimum Gasteiger partial charge on any atom is -0.766 e. The second-order valence-electron chi connectivity index (χ2n) is 2.04. The fourth-order valence-electron chi connectivity index (χ4n) is 0. The van der Waals surface area contributed by atoms with Gasteiger partial charge in [0.25, 0.3) is 0 Å². The van der Waals surface area contributed by atoms with Crippen molar-refractivity contribution < 1.29 is 91.6 Å². The Labute approximate surface area is 141 Å². The summed E-state index contributed by atoms with van der Waals surface area (Å²) in [6.45, 7) is 0. The third-order valence-electron chi connectivity index (χ3n) is 0.567. The fraction of sp³-hybridized carbons (Fsp3) is 1.00. The minimum atomic E-state index is -5.08. The van der Waals surface area contributed by atoms with Crippen molar-refractivity contribution in [3.05, 3.63) is 0 Å². The van der Waals surface area contributed by atoms with Gasteiger partial charge in [0.15, 0.2) is 0 Å². The Balaban J connectivity index is -0.000000108. The number of halogens is 9. The summed E-state index contributed by atoms with van der Waals surface area (Å²) in [5, 5.41) is 0. The first kappa shape index (κ1) is 30.5. The van der Waals surface area contributed by atoms with Crippen LogP contribution in [0, 0.1) is 0 Å². The Kier molecular flexibility index (Phi) is 16.6. The summed E-state index contributed by atoms with van der Waals surface area (Å²) in [4.78, 5) is 0. The van der Waals surface area contributed by atoms with E-state index < -0.39 is 49.8 Å². The summed E-state index contributed by atoms with van der Waals surface area (Å²) in [7, 11) is 0. The molecule has 0 spiro atoms. The molecule has 0 aromatic rings. The summed E-state index contributed by atoms with van der Waals surface area (Å²) in [5.41, 5.74) is -15.2. The Morgan fingerprint density at radius 3 is 0.545 bits per heavy atom. The molecule has 132 valence electrons. The van der Waals surface area contributed by atoms with Crippen molar-refractivity contribution in [2.24, 2.45) is 0 Å². The predicted octanol–water partition coefficient (Wildman–Crippen LogP) is 1.15. The van der Waals surface area contributed by atoms with E-state index in [4.69, 9.17) is 26.3 Å². The maximum Gasteiger partial charge on any atom is 3.00 e. The zero-order valence-corrected chi connectivity index (χ0v) is 13.4. The first-order valence-electron chi connectivity index (χ1n) is 3.31. The van der Waals surface area contributed by atoms with Crippen LogP contribution < -0.4 is 0 Å². The number of alkyl halides is 9. The average Bonchev–Trinajstić information content (AvgIpc) is 2.14. The molecular formula is C3F9O6S3Sc. The molecule has 0 N–H and O–H groups in total. The van der Waals surface area contributed by atoms with Gasteiger partial charge in [-0.25, -0.2) is 0 Å². The van der Waals surface area contributed by atoms with Crippen LogP contribution >= 0.6 is 0 Å². The molecule has 0 saturated heterocycles. The number of hydrogen-bond acceptors (Lipinski definition) is 6. The molecule has 22 heavy (non-hydrogen) atoms. The van der Waals surface area contributed by atoms with Crippen LogP contribution in [0.2, 0.25) is 0 Å². The van der Waals surface area contributed by atoms with E-state index in [1.165, 1.54) is 0 Å². The smallest absolute Gasteiger partial charge is 0.766 e. The van der Waals surface area contributed by atoms with Gasteiger partial charge >= 0.3 is 42.4 Å². The third kappa shape index (κ3) is 22.8. The van der Waals surface area contributed by atoms with E-state index in [1.807, 2.05) is 0 Å². The Morgan fingerprint density at radius 1 is 0.500 bits per heavy atom. The molecular weight excluding hydrogens is 444 g/mol. The second kappa shape index (κ2) is 12.0. The monoisotopic (exact) mass is 444 g/mol. The van der Waals surface area contributed by atoms with Crippen molar-refractivity contribution in [1.82, 2.24) is 0 Å². The van der Waals surface area contributed by atoms with Crippen molar-refractivity contribution in [1.29, 1.82) is 0 Å². The zero-order chi connectivity index (χ0) is 18.2. The molecule has 0 aliphatic carbocycles. The van der Waals surface area contributed by atoms with Gasteiger partial charge in [0.05, 0.1) is 33.2 Å². The Hall–Kier alpha value is 0.570. The summed E-state index contributed by atoms with van der Waals surface area (Å²) in [5.74, 6) is 0. The largest absolute Gasteiger partial charge is 3.00 e. The maximum absolute atomic E-state index is 10.6. The molecule has 0 saturated carbocycles. The van der Waals surface area contributed by atoms with Crippen molar-refractivity contribution in [3.8, 4) is 0 Å². The van der Waals surface area contributed by atoms with Gasteiger partial charge in [-0.15, -0.1) is 0 Å². The Bertz CT molecular complexity index is 319. The fourth-order valence-corrected chi connectivity index (χ4v) is 0. The van der Waals surface area contributed by atoms with Gasteiger partial charge < -0.3 is 13.7 Å². The van der Waals surface area contributed by atoms with Crippen molar-refractivity contribution in [2.45, 2.75) is 16.5 Å². The molecule has 6 nitrogen and oxygen atoms in total. The van der Waals surface area contributed by atoms with E-state index in [1.54, 1.807) is 0 Å². The van der Waals surface area contributed by atoms with Crippen LogP contribution in [0.25, 0.3) is 0 Å². The number of rotatable bonds is 0. The standard InChI is InChI=1S/3CHF3O2S.Sc/c3*2-1(3,4)7(5)6;/h3*(H,5,6);/q;;;+3/p-3. The molecule has 0 radical (unpaired) electrons. The number of hydrogen-bond donors (Lipinski definition) is 0. The molecule has 0 heterocycles. The Morgan fingerprint density at radius 2 is 0.545 bits per heavy atom. The molecule has 3 unspecified atom stereocenters. The minimum absolute atomic E-state index is 0. The van der Waals surface area contributed by atoms with Crippen LogP contribution in [0.15, 0.2) is 0 Å². The maximum atomic E-state index is 10.6. The predicted molar refractivity (Wildman–Crippen MR) is 44.9 cm³/mol. The summed E-state index contributed by atoms with van der Waals surface area (Å²) < 4.78 is 148. The first-order valence-corrected chi connectivity index (χ1v) is 6.54. The van der Waals surface area contributed by atoms with Gasteiger partial charge in [0.1, 0.15) is 0 Å². The first-order chi connectivity index (χ1) is 8.83. The van der Waals surface area contributed by atoms with Crippen LogP contribution in [-0.2, 0) is 59.1 Å². The molecule has 3 atom stereocenters. The molecule has 0 amide bonds. The van der Waals surface area contributed by atoms with Crippen molar-refractivity contribution >= 4 is 33.2 Å². The topological polar surface area (TPSA) is 120 Å². The van der Waals surface area contributed by atoms with Crippen molar-refractivity contribution in [3.63, 3.8) is 0 Å². The van der Waals surface area contributed by atoms with Gasteiger partial charge in [-0.2, -0.15) is 39.5 Å². The van der Waals surface area contributed by atoms with Crippen molar-refractivity contribution in [2.75, 3.05) is 0 Å². The van der Waals surface area contributed by atoms with Gasteiger partial charge in [0.2, 0.25) is 0 Å². The normalized spacial score (nSPS) is 15.8. The van der Waals surface area contributed by atoms with E-state index in [0.29, 0.717) is 0 Å². The third-order valence-corrected chi connectivity index (χ3v) is 1.70. The molecule has 0 aromatic carbocycles. The van der Waals surface area contributed by atoms with E-state index in [0.717, 1.165) is 0 Å². The van der Waals surface area contributed by atoms with Gasteiger partial charge in [0, 0.05) is 0 Å². The molecule has 19 heteroatoms. The van der Waals surface area contributed by atoms with E-state index in [-0.39, 0.29) is 25.8 Å². The summed E-state index contributed by atoms with van der Waals surface area (Å²) in [6, 6.07) is 0. The van der Waals surface area contributed by atoms with E-state index in [2.05, 4.69) is 0 Å². The molecule has 0 aliphatic heterocycles. The quantitative estimate of drug-likeness (QED) is 0.409. The van der Waals surface area contributed by atoms with Gasteiger partial charge in [-0.3, -0.25) is 12.6 Å². The SMILES string of the molecule is O=S([O-])C(F)(F)F.O=S([O-])C(F)(F)F.O=S([O-])C(F)(F)F.[Sc+3]. The summed E-state index contributed by atoms with van der Waals surface area (Å²) in [6.07, 6.45) is 0. The van der Waals surface area contributed by atoms with Gasteiger partial charge in [-0.05, 0) is 0 Å². The van der Waals surface area contributed by atoms with Crippen LogP contribution in [0.1, 0.15) is 0 Å². The van der Waals surface area contributed by atoms with Crippen LogP contribution in [0.5, 0.6) is 0 Å².